The molecule has 2 heterocycles. The van der Waals surface area contributed by atoms with Crippen LogP contribution in [0.3, 0.4) is 0 Å². The lowest BCUT2D eigenvalue weighted by Gasteiger charge is -2.11. The smallest absolute Gasteiger partial charge is 0.338 e. The number of hydrogen-bond donors (Lipinski definition) is 1. The summed E-state index contributed by atoms with van der Waals surface area (Å²) in [5.41, 5.74) is 1.69. The zero-order valence-corrected chi connectivity index (χ0v) is 13.5. The molecule has 0 unspecified atom stereocenters. The fraction of sp³-hybridized carbons (Fsp3) is 0.278. The van der Waals surface area contributed by atoms with Crippen molar-refractivity contribution in [3.63, 3.8) is 0 Å². The van der Waals surface area contributed by atoms with Gasteiger partial charge in [0.2, 0.25) is 0 Å². The minimum atomic E-state index is -0.460. The van der Waals surface area contributed by atoms with Gasteiger partial charge in [0, 0.05) is 23.5 Å². The van der Waals surface area contributed by atoms with Crippen LogP contribution in [0.5, 0.6) is 0 Å². The SMILES string of the molecule is O=C(NCCOC(=O)c1cccc(C2OCCO2)c1)c1ccncc1. The van der Waals surface area contributed by atoms with Crippen LogP contribution >= 0.6 is 0 Å². The molecule has 0 saturated carbocycles. The zero-order valence-electron chi connectivity index (χ0n) is 13.5. The highest BCUT2D eigenvalue weighted by molar-refractivity contribution is 5.94. The van der Waals surface area contributed by atoms with Crippen molar-refractivity contribution in [2.24, 2.45) is 0 Å². The lowest BCUT2D eigenvalue weighted by Crippen LogP contribution is -2.28. The fourth-order valence-corrected chi connectivity index (χ4v) is 2.36. The molecule has 1 aliphatic rings. The van der Waals surface area contributed by atoms with Crippen molar-refractivity contribution in [3.8, 4) is 0 Å². The first-order chi connectivity index (χ1) is 12.2. The summed E-state index contributed by atoms with van der Waals surface area (Å²) in [5, 5.41) is 2.68. The molecule has 130 valence electrons. The Morgan fingerprint density at radius 3 is 2.64 bits per heavy atom. The van der Waals surface area contributed by atoms with Crippen molar-refractivity contribution >= 4 is 11.9 Å². The van der Waals surface area contributed by atoms with Crippen LogP contribution in [0.2, 0.25) is 0 Å². The first kappa shape index (κ1) is 17.1. The van der Waals surface area contributed by atoms with E-state index in [9.17, 15) is 9.59 Å². The number of carbonyl (C=O) groups is 2. The van der Waals surface area contributed by atoms with Crippen LogP contribution in [0.25, 0.3) is 0 Å². The molecule has 0 aliphatic carbocycles. The minimum Gasteiger partial charge on any atom is -0.460 e. The zero-order chi connectivity index (χ0) is 17.5. The first-order valence-corrected chi connectivity index (χ1v) is 7.92. The molecule has 7 nitrogen and oxygen atoms in total. The molecular weight excluding hydrogens is 324 g/mol. The van der Waals surface area contributed by atoms with Crippen LogP contribution in [0.15, 0.2) is 48.8 Å². The summed E-state index contributed by atoms with van der Waals surface area (Å²) in [6.45, 7) is 1.38. The van der Waals surface area contributed by atoms with E-state index in [-0.39, 0.29) is 19.1 Å². The molecule has 0 spiro atoms. The molecule has 1 N–H and O–H groups in total. The van der Waals surface area contributed by atoms with Gasteiger partial charge in [0.1, 0.15) is 6.61 Å². The number of carbonyl (C=O) groups excluding carboxylic acids is 2. The van der Waals surface area contributed by atoms with Gasteiger partial charge in [-0.1, -0.05) is 12.1 Å². The molecule has 2 aromatic rings. The maximum absolute atomic E-state index is 12.1. The second-order valence-corrected chi connectivity index (χ2v) is 5.33. The normalized spacial score (nSPS) is 14.2. The van der Waals surface area contributed by atoms with Gasteiger partial charge in [-0.05, 0) is 24.3 Å². The number of rotatable bonds is 6. The van der Waals surface area contributed by atoms with Crippen molar-refractivity contribution in [2.75, 3.05) is 26.4 Å². The lowest BCUT2D eigenvalue weighted by atomic mass is 10.1. The molecule has 0 radical (unpaired) electrons. The molecule has 1 aromatic heterocycles. The number of aromatic nitrogens is 1. The highest BCUT2D eigenvalue weighted by Crippen LogP contribution is 2.23. The summed E-state index contributed by atoms with van der Waals surface area (Å²) < 4.78 is 16.0. The van der Waals surface area contributed by atoms with Crippen molar-refractivity contribution in [1.29, 1.82) is 0 Å². The Hall–Kier alpha value is -2.77. The number of nitrogens with zero attached hydrogens (tertiary/aromatic N) is 1. The van der Waals surface area contributed by atoms with E-state index in [0.29, 0.717) is 24.3 Å². The number of amides is 1. The summed E-state index contributed by atoms with van der Waals surface area (Å²) >= 11 is 0. The molecule has 1 aliphatic heterocycles. The molecule has 0 atom stereocenters. The van der Waals surface area contributed by atoms with E-state index in [1.54, 1.807) is 42.7 Å². The summed E-state index contributed by atoms with van der Waals surface area (Å²) in [7, 11) is 0. The Morgan fingerprint density at radius 2 is 1.88 bits per heavy atom. The summed E-state index contributed by atoms with van der Waals surface area (Å²) in [5.74, 6) is -0.700. The number of pyridine rings is 1. The standard InChI is InChI=1S/C18H18N2O5/c21-16(13-4-6-19-7-5-13)20-8-9-23-17(22)14-2-1-3-15(12-14)18-24-10-11-25-18/h1-7,12,18H,8-11H2,(H,20,21). The topological polar surface area (TPSA) is 86.8 Å². The second-order valence-electron chi connectivity index (χ2n) is 5.33. The van der Waals surface area contributed by atoms with Crippen molar-refractivity contribution in [3.05, 3.63) is 65.5 Å². The molecule has 25 heavy (non-hydrogen) atoms. The van der Waals surface area contributed by atoms with Crippen LogP contribution < -0.4 is 5.32 Å². The van der Waals surface area contributed by atoms with E-state index in [0.717, 1.165) is 5.56 Å². The van der Waals surface area contributed by atoms with Crippen molar-refractivity contribution < 1.29 is 23.8 Å². The summed E-state index contributed by atoms with van der Waals surface area (Å²) in [6.07, 6.45) is 2.65. The lowest BCUT2D eigenvalue weighted by molar-refractivity contribution is -0.0441. The van der Waals surface area contributed by atoms with E-state index in [4.69, 9.17) is 14.2 Å². The van der Waals surface area contributed by atoms with E-state index in [1.165, 1.54) is 0 Å². The highest BCUT2D eigenvalue weighted by Gasteiger charge is 2.19. The van der Waals surface area contributed by atoms with Gasteiger partial charge >= 0.3 is 5.97 Å². The van der Waals surface area contributed by atoms with Crippen LogP contribution in [0.4, 0.5) is 0 Å². The van der Waals surface area contributed by atoms with Gasteiger partial charge in [-0.15, -0.1) is 0 Å². The van der Waals surface area contributed by atoms with Gasteiger partial charge in [-0.3, -0.25) is 9.78 Å². The van der Waals surface area contributed by atoms with E-state index < -0.39 is 12.3 Å². The Morgan fingerprint density at radius 1 is 1.12 bits per heavy atom. The van der Waals surface area contributed by atoms with Gasteiger partial charge < -0.3 is 19.5 Å². The molecule has 3 rings (SSSR count). The third-order valence-corrected chi connectivity index (χ3v) is 3.58. The Labute approximate surface area is 144 Å². The number of hydrogen-bond acceptors (Lipinski definition) is 6. The van der Waals surface area contributed by atoms with E-state index in [1.807, 2.05) is 6.07 Å². The number of esters is 1. The molecule has 0 bridgehead atoms. The Bertz CT molecular complexity index is 729. The third-order valence-electron chi connectivity index (χ3n) is 3.58. The minimum absolute atomic E-state index is 0.0797. The fourth-order valence-electron chi connectivity index (χ4n) is 2.36. The predicted molar refractivity (Wildman–Crippen MR) is 87.9 cm³/mol. The maximum atomic E-state index is 12.1. The summed E-state index contributed by atoms with van der Waals surface area (Å²) in [6, 6.07) is 10.2. The van der Waals surface area contributed by atoms with Gasteiger partial charge in [-0.2, -0.15) is 0 Å². The molecule has 1 amide bonds. The van der Waals surface area contributed by atoms with Crippen LogP contribution in [-0.4, -0.2) is 43.2 Å². The quantitative estimate of drug-likeness (QED) is 0.635. The van der Waals surface area contributed by atoms with Crippen molar-refractivity contribution in [2.45, 2.75) is 6.29 Å². The number of benzene rings is 1. The average molecular weight is 342 g/mol. The molecule has 1 fully saturated rings. The van der Waals surface area contributed by atoms with Crippen molar-refractivity contribution in [1.82, 2.24) is 10.3 Å². The monoisotopic (exact) mass is 342 g/mol. The molecule has 1 saturated heterocycles. The van der Waals surface area contributed by atoms with Gasteiger partial charge in [-0.25, -0.2) is 4.79 Å². The van der Waals surface area contributed by atoms with Gasteiger partial charge in [0.25, 0.3) is 5.91 Å². The molecule has 7 heteroatoms. The van der Waals surface area contributed by atoms with E-state index in [2.05, 4.69) is 10.3 Å². The average Bonchev–Trinajstić information content (AvgIpc) is 3.20. The highest BCUT2D eigenvalue weighted by atomic mass is 16.7. The second kappa shape index (κ2) is 8.36. The molecular formula is C18H18N2O5. The third kappa shape index (κ3) is 4.62. The van der Waals surface area contributed by atoms with E-state index >= 15 is 0 Å². The van der Waals surface area contributed by atoms with Gasteiger partial charge in [0.15, 0.2) is 6.29 Å². The molecule has 1 aromatic carbocycles. The largest absolute Gasteiger partial charge is 0.460 e. The van der Waals surface area contributed by atoms with Crippen LogP contribution in [0.1, 0.15) is 32.6 Å². The Balaban J connectivity index is 1.46. The predicted octanol–water partition coefficient (Wildman–Crippen LogP) is 1.71. The number of nitrogens with one attached hydrogen (secondary N) is 1. The number of ether oxygens (including phenoxy) is 3. The maximum Gasteiger partial charge on any atom is 0.338 e. The summed E-state index contributed by atoms with van der Waals surface area (Å²) in [4.78, 5) is 27.8. The van der Waals surface area contributed by atoms with Crippen LogP contribution in [0, 0.1) is 0 Å². The first-order valence-electron chi connectivity index (χ1n) is 7.92. The van der Waals surface area contributed by atoms with Gasteiger partial charge in [0.05, 0.1) is 25.3 Å². The van der Waals surface area contributed by atoms with Crippen LogP contribution in [-0.2, 0) is 14.2 Å². The Kier molecular flexibility index (Phi) is 5.71.